The molecule has 0 amide bonds. The molecule has 2 rings (SSSR count). The highest BCUT2D eigenvalue weighted by Crippen LogP contribution is 2.26. The molecule has 2 atom stereocenters. The normalized spacial score (nSPS) is 22.1. The van der Waals surface area contributed by atoms with Crippen LogP contribution in [0.3, 0.4) is 0 Å². The molecular weight excluding hydrogens is 326 g/mol. The number of aromatic nitrogens is 2. The summed E-state index contributed by atoms with van der Waals surface area (Å²) in [5.74, 6) is 0. The molecule has 1 heterocycles. The summed E-state index contributed by atoms with van der Waals surface area (Å²) in [6.45, 7) is 0.902. The van der Waals surface area contributed by atoms with Crippen molar-refractivity contribution in [2.24, 2.45) is 0 Å². The van der Waals surface area contributed by atoms with Crippen molar-refractivity contribution >= 4 is 21.6 Å². The van der Waals surface area contributed by atoms with E-state index in [9.17, 15) is 4.79 Å². The van der Waals surface area contributed by atoms with Gasteiger partial charge >= 0.3 is 0 Å². The summed E-state index contributed by atoms with van der Waals surface area (Å²) >= 11 is 3.35. The minimum absolute atomic E-state index is 0.154. The first-order chi connectivity index (χ1) is 9.67. The lowest BCUT2D eigenvalue weighted by atomic mass is 10.2. The summed E-state index contributed by atoms with van der Waals surface area (Å²) < 4.78 is 12.3. The lowest BCUT2D eigenvalue weighted by Crippen LogP contribution is -2.32. The van der Waals surface area contributed by atoms with Crippen LogP contribution in [0.25, 0.3) is 0 Å². The molecule has 0 saturated heterocycles. The van der Waals surface area contributed by atoms with Gasteiger partial charge in [0.25, 0.3) is 5.56 Å². The Morgan fingerprint density at radius 3 is 3.00 bits per heavy atom. The summed E-state index contributed by atoms with van der Waals surface area (Å²) in [5, 5.41) is 7.52. The molecule has 1 aliphatic rings. The Hall–Kier alpha value is -0.920. The van der Waals surface area contributed by atoms with Gasteiger partial charge in [-0.2, -0.15) is 5.10 Å². The molecule has 1 saturated carbocycles. The average Bonchev–Trinajstić information content (AvgIpc) is 2.90. The largest absolute Gasteiger partial charge is 0.383 e. The minimum Gasteiger partial charge on any atom is -0.383 e. The molecule has 112 valence electrons. The second-order valence-corrected chi connectivity index (χ2v) is 5.64. The Balaban J connectivity index is 2.13. The van der Waals surface area contributed by atoms with Gasteiger partial charge in [-0.3, -0.25) is 4.79 Å². The van der Waals surface area contributed by atoms with E-state index in [-0.39, 0.29) is 17.7 Å². The van der Waals surface area contributed by atoms with E-state index in [4.69, 9.17) is 9.47 Å². The third kappa shape index (κ3) is 3.39. The highest BCUT2D eigenvalue weighted by Gasteiger charge is 2.27. The molecule has 1 aromatic heterocycles. The van der Waals surface area contributed by atoms with Crippen molar-refractivity contribution in [3.63, 3.8) is 0 Å². The Bertz CT molecular complexity index is 506. The molecule has 0 aromatic carbocycles. The van der Waals surface area contributed by atoms with E-state index in [2.05, 4.69) is 26.3 Å². The summed E-state index contributed by atoms with van der Waals surface area (Å²) in [6, 6.07) is 0.229. The van der Waals surface area contributed by atoms with Crippen LogP contribution in [-0.2, 0) is 16.0 Å². The highest BCUT2D eigenvalue weighted by atomic mass is 79.9. The first kappa shape index (κ1) is 15.5. The van der Waals surface area contributed by atoms with Crippen molar-refractivity contribution in [2.75, 3.05) is 26.1 Å². The van der Waals surface area contributed by atoms with E-state index in [1.54, 1.807) is 20.4 Å². The van der Waals surface area contributed by atoms with Crippen molar-refractivity contribution in [1.82, 2.24) is 9.78 Å². The molecule has 0 aliphatic heterocycles. The standard InChI is InChI=1S/C13H20BrN3O3/c1-19-7-6-17-13(18)12(14)10(8-15-17)16-9-4-3-5-11(9)20-2/h8-9,11,16H,3-7H2,1-2H3. The first-order valence-electron chi connectivity index (χ1n) is 6.71. The predicted octanol–water partition coefficient (Wildman–Crippen LogP) is 1.63. The number of rotatable bonds is 6. The van der Waals surface area contributed by atoms with Crippen molar-refractivity contribution < 1.29 is 9.47 Å². The van der Waals surface area contributed by atoms with E-state index in [0.717, 1.165) is 24.9 Å². The Kier molecular flexibility index (Phi) is 5.56. The van der Waals surface area contributed by atoms with Gasteiger partial charge in [-0.25, -0.2) is 4.68 Å². The number of methoxy groups -OCH3 is 2. The van der Waals surface area contributed by atoms with Gasteiger partial charge < -0.3 is 14.8 Å². The lowest BCUT2D eigenvalue weighted by molar-refractivity contribution is 0.101. The number of ether oxygens (including phenoxy) is 2. The quantitative estimate of drug-likeness (QED) is 0.848. The molecule has 1 N–H and O–H groups in total. The highest BCUT2D eigenvalue weighted by molar-refractivity contribution is 9.10. The first-order valence-corrected chi connectivity index (χ1v) is 7.50. The van der Waals surface area contributed by atoms with Crippen molar-refractivity contribution in [3.05, 3.63) is 21.0 Å². The van der Waals surface area contributed by atoms with Crippen LogP contribution in [0.1, 0.15) is 19.3 Å². The molecule has 6 nitrogen and oxygen atoms in total. The molecule has 1 aliphatic carbocycles. The van der Waals surface area contributed by atoms with E-state index in [1.807, 2.05) is 0 Å². The molecule has 0 spiro atoms. The van der Waals surface area contributed by atoms with Crippen LogP contribution in [0.2, 0.25) is 0 Å². The Labute approximate surface area is 126 Å². The van der Waals surface area contributed by atoms with Crippen LogP contribution in [0, 0.1) is 0 Å². The van der Waals surface area contributed by atoms with Crippen molar-refractivity contribution in [1.29, 1.82) is 0 Å². The third-order valence-corrected chi connectivity index (χ3v) is 4.35. The van der Waals surface area contributed by atoms with Gasteiger partial charge in [0.05, 0.1) is 37.2 Å². The van der Waals surface area contributed by atoms with Gasteiger partial charge in [0, 0.05) is 14.2 Å². The third-order valence-electron chi connectivity index (χ3n) is 3.59. The zero-order valence-corrected chi connectivity index (χ0v) is 13.4. The number of anilines is 1. The average molecular weight is 346 g/mol. The topological polar surface area (TPSA) is 65.4 Å². The molecular formula is C13H20BrN3O3. The zero-order valence-electron chi connectivity index (χ0n) is 11.8. The van der Waals surface area contributed by atoms with Gasteiger partial charge in [-0.15, -0.1) is 0 Å². The fourth-order valence-electron chi connectivity index (χ4n) is 2.48. The number of nitrogens with one attached hydrogen (secondary N) is 1. The van der Waals surface area contributed by atoms with Crippen LogP contribution in [0.5, 0.6) is 0 Å². The van der Waals surface area contributed by atoms with Gasteiger partial charge in [0.1, 0.15) is 4.47 Å². The molecule has 7 heteroatoms. The maximum absolute atomic E-state index is 12.1. The zero-order chi connectivity index (χ0) is 14.5. The maximum Gasteiger partial charge on any atom is 0.283 e. The van der Waals surface area contributed by atoms with E-state index < -0.39 is 0 Å². The van der Waals surface area contributed by atoms with Gasteiger partial charge in [0.2, 0.25) is 0 Å². The molecule has 20 heavy (non-hydrogen) atoms. The molecule has 1 aromatic rings. The van der Waals surface area contributed by atoms with Crippen LogP contribution in [0.4, 0.5) is 5.69 Å². The summed E-state index contributed by atoms with van der Waals surface area (Å²) in [5.41, 5.74) is 0.566. The molecule has 1 fully saturated rings. The lowest BCUT2D eigenvalue weighted by Gasteiger charge is -2.21. The second-order valence-electron chi connectivity index (χ2n) is 4.85. The Morgan fingerprint density at radius 2 is 2.30 bits per heavy atom. The van der Waals surface area contributed by atoms with Crippen LogP contribution >= 0.6 is 15.9 Å². The fraction of sp³-hybridized carbons (Fsp3) is 0.692. The van der Waals surface area contributed by atoms with E-state index in [1.165, 1.54) is 4.68 Å². The molecule has 0 radical (unpaired) electrons. The fourth-order valence-corrected chi connectivity index (χ4v) is 2.90. The maximum atomic E-state index is 12.1. The summed E-state index contributed by atoms with van der Waals surface area (Å²) in [4.78, 5) is 12.1. The number of halogens is 1. The number of nitrogens with zero attached hydrogens (tertiary/aromatic N) is 2. The summed E-state index contributed by atoms with van der Waals surface area (Å²) in [6.07, 6.45) is 5.08. The van der Waals surface area contributed by atoms with Gasteiger partial charge in [-0.1, -0.05) is 0 Å². The SMILES string of the molecule is COCCn1ncc(NC2CCCC2OC)c(Br)c1=O. The monoisotopic (exact) mass is 345 g/mol. The number of hydrogen-bond acceptors (Lipinski definition) is 5. The van der Waals surface area contributed by atoms with Gasteiger partial charge in [0.15, 0.2) is 0 Å². The van der Waals surface area contributed by atoms with Crippen molar-refractivity contribution in [3.8, 4) is 0 Å². The Morgan fingerprint density at radius 1 is 1.50 bits per heavy atom. The molecule has 2 unspecified atom stereocenters. The van der Waals surface area contributed by atoms with Crippen molar-refractivity contribution in [2.45, 2.75) is 38.0 Å². The second kappa shape index (κ2) is 7.19. The summed E-state index contributed by atoms with van der Waals surface area (Å²) in [7, 11) is 3.32. The van der Waals surface area contributed by atoms with Gasteiger partial charge in [-0.05, 0) is 35.2 Å². The number of hydrogen-bond donors (Lipinski definition) is 1. The van der Waals surface area contributed by atoms with E-state index >= 15 is 0 Å². The smallest absolute Gasteiger partial charge is 0.283 e. The van der Waals surface area contributed by atoms with Crippen LogP contribution in [-0.4, -0.2) is 42.8 Å². The minimum atomic E-state index is -0.154. The van der Waals surface area contributed by atoms with Crippen LogP contribution < -0.4 is 10.9 Å². The van der Waals surface area contributed by atoms with E-state index in [0.29, 0.717) is 17.6 Å². The molecule has 0 bridgehead atoms. The van der Waals surface area contributed by atoms with Crippen LogP contribution in [0.15, 0.2) is 15.5 Å². The predicted molar refractivity (Wildman–Crippen MR) is 80.1 cm³/mol.